The minimum absolute atomic E-state index is 0.0384. The van der Waals surface area contributed by atoms with Gasteiger partial charge in [0.05, 0.1) is 18.1 Å². The predicted octanol–water partition coefficient (Wildman–Crippen LogP) is 1.91. The third-order valence-corrected chi connectivity index (χ3v) is 2.25. The van der Waals surface area contributed by atoms with Crippen LogP contribution in [0.4, 0.5) is 0 Å². The molecule has 0 fully saturated rings. The minimum atomic E-state index is -0.999. The van der Waals surface area contributed by atoms with Gasteiger partial charge in [-0.05, 0) is 18.6 Å². The van der Waals surface area contributed by atoms with Gasteiger partial charge in [0.15, 0.2) is 5.78 Å². The lowest BCUT2D eigenvalue weighted by Gasteiger charge is -2.02. The SMILES string of the molecule is Cc1ccc(C(=O)CCC(=O)O)cc1C#N. The summed E-state index contributed by atoms with van der Waals surface area (Å²) in [7, 11) is 0. The number of Topliss-reactive ketones (excluding diaryl/α,β-unsaturated/α-hetero) is 1. The van der Waals surface area contributed by atoms with E-state index in [9.17, 15) is 9.59 Å². The number of rotatable bonds is 4. The number of benzene rings is 1. The number of nitrogens with zero attached hydrogens (tertiary/aromatic N) is 1. The second-order valence-corrected chi connectivity index (χ2v) is 3.46. The first-order chi connectivity index (χ1) is 7.54. The van der Waals surface area contributed by atoms with Crippen molar-refractivity contribution < 1.29 is 14.7 Å². The van der Waals surface area contributed by atoms with Crippen molar-refractivity contribution >= 4 is 11.8 Å². The number of aryl methyl sites for hydroxylation is 1. The molecule has 4 nitrogen and oxygen atoms in total. The van der Waals surface area contributed by atoms with Gasteiger partial charge in [-0.1, -0.05) is 12.1 Å². The third kappa shape index (κ3) is 2.92. The molecule has 0 amide bonds. The van der Waals surface area contributed by atoms with Gasteiger partial charge in [0.1, 0.15) is 0 Å². The first-order valence-electron chi connectivity index (χ1n) is 4.80. The first-order valence-corrected chi connectivity index (χ1v) is 4.80. The number of carbonyl (C=O) groups is 2. The number of nitriles is 1. The Labute approximate surface area is 93.1 Å². The number of carboxylic acid groups (broad SMARTS) is 1. The number of hydrogen-bond acceptors (Lipinski definition) is 3. The quantitative estimate of drug-likeness (QED) is 0.781. The van der Waals surface area contributed by atoms with Gasteiger partial charge in [0.25, 0.3) is 0 Å². The molecular formula is C12H11NO3. The fourth-order valence-electron chi connectivity index (χ4n) is 1.28. The molecule has 1 N–H and O–H groups in total. The van der Waals surface area contributed by atoms with Gasteiger partial charge in [-0.2, -0.15) is 5.26 Å². The van der Waals surface area contributed by atoms with Crippen LogP contribution < -0.4 is 0 Å². The number of ketones is 1. The maximum absolute atomic E-state index is 11.6. The molecule has 0 spiro atoms. The molecule has 16 heavy (non-hydrogen) atoms. The Hall–Kier alpha value is -2.15. The normalized spacial score (nSPS) is 9.50. The number of aliphatic carboxylic acids is 1. The average Bonchev–Trinajstić information content (AvgIpc) is 2.26. The Morgan fingerprint density at radius 2 is 2.06 bits per heavy atom. The van der Waals surface area contributed by atoms with Crippen molar-refractivity contribution in [3.8, 4) is 6.07 Å². The van der Waals surface area contributed by atoms with E-state index >= 15 is 0 Å². The summed E-state index contributed by atoms with van der Waals surface area (Å²) in [5.74, 6) is -1.25. The van der Waals surface area contributed by atoms with E-state index in [0.29, 0.717) is 11.1 Å². The summed E-state index contributed by atoms with van der Waals surface area (Å²) in [6, 6.07) is 6.78. The van der Waals surface area contributed by atoms with Crippen LogP contribution in [-0.4, -0.2) is 16.9 Å². The second-order valence-electron chi connectivity index (χ2n) is 3.46. The summed E-state index contributed by atoms with van der Waals surface area (Å²) >= 11 is 0. The summed E-state index contributed by atoms with van der Waals surface area (Å²) in [6.45, 7) is 1.78. The van der Waals surface area contributed by atoms with Crippen LogP contribution >= 0.6 is 0 Å². The predicted molar refractivity (Wildman–Crippen MR) is 57.1 cm³/mol. The lowest BCUT2D eigenvalue weighted by Crippen LogP contribution is -2.04. The number of hydrogen-bond donors (Lipinski definition) is 1. The standard InChI is InChI=1S/C12H11NO3/c1-8-2-3-9(6-10(8)7-13)11(14)4-5-12(15)16/h2-3,6H,4-5H2,1H3,(H,15,16). The van der Waals surface area contributed by atoms with Crippen LogP contribution in [0.15, 0.2) is 18.2 Å². The smallest absolute Gasteiger partial charge is 0.303 e. The lowest BCUT2D eigenvalue weighted by atomic mass is 10.0. The highest BCUT2D eigenvalue weighted by molar-refractivity contribution is 5.97. The molecule has 0 aliphatic rings. The van der Waals surface area contributed by atoms with Crippen LogP contribution in [0.3, 0.4) is 0 Å². The average molecular weight is 217 g/mol. The van der Waals surface area contributed by atoms with Crippen LogP contribution in [0.2, 0.25) is 0 Å². The van der Waals surface area contributed by atoms with Gasteiger partial charge in [-0.15, -0.1) is 0 Å². The highest BCUT2D eigenvalue weighted by Gasteiger charge is 2.09. The summed E-state index contributed by atoms with van der Waals surface area (Å²) in [4.78, 5) is 21.9. The van der Waals surface area contributed by atoms with Gasteiger partial charge in [-0.3, -0.25) is 9.59 Å². The zero-order chi connectivity index (χ0) is 12.1. The van der Waals surface area contributed by atoms with Gasteiger partial charge in [0, 0.05) is 12.0 Å². The Morgan fingerprint density at radius 3 is 2.62 bits per heavy atom. The zero-order valence-electron chi connectivity index (χ0n) is 8.86. The summed E-state index contributed by atoms with van der Waals surface area (Å²) in [5, 5.41) is 17.2. The Bertz CT molecular complexity index is 472. The maximum atomic E-state index is 11.6. The summed E-state index contributed by atoms with van der Waals surface area (Å²) in [5.41, 5.74) is 1.64. The van der Waals surface area contributed by atoms with Gasteiger partial charge >= 0.3 is 5.97 Å². The van der Waals surface area contributed by atoms with Crippen LogP contribution in [0.5, 0.6) is 0 Å². The van der Waals surface area contributed by atoms with Crippen LogP contribution in [0, 0.1) is 18.3 Å². The van der Waals surface area contributed by atoms with E-state index in [1.165, 1.54) is 6.07 Å². The Balaban J connectivity index is 2.85. The Kier molecular flexibility index (Phi) is 3.78. The van der Waals surface area contributed by atoms with E-state index in [1.807, 2.05) is 6.07 Å². The second kappa shape index (κ2) is 5.08. The molecule has 0 aliphatic heterocycles. The van der Waals surface area contributed by atoms with Crippen LogP contribution in [0.25, 0.3) is 0 Å². The molecule has 0 heterocycles. The van der Waals surface area contributed by atoms with E-state index in [1.54, 1.807) is 19.1 Å². The van der Waals surface area contributed by atoms with E-state index in [0.717, 1.165) is 5.56 Å². The molecule has 0 saturated carbocycles. The largest absolute Gasteiger partial charge is 0.481 e. The molecule has 0 unspecified atom stereocenters. The minimum Gasteiger partial charge on any atom is -0.481 e. The summed E-state index contributed by atoms with van der Waals surface area (Å²) < 4.78 is 0. The molecule has 0 atom stereocenters. The fraction of sp³-hybridized carbons (Fsp3) is 0.250. The van der Waals surface area contributed by atoms with Crippen molar-refractivity contribution in [2.75, 3.05) is 0 Å². The Morgan fingerprint density at radius 1 is 1.38 bits per heavy atom. The summed E-state index contributed by atoms with van der Waals surface area (Å²) in [6.07, 6.45) is -0.224. The molecule has 1 aromatic rings. The molecule has 1 aromatic carbocycles. The monoisotopic (exact) mass is 217 g/mol. The van der Waals surface area contributed by atoms with Crippen molar-refractivity contribution in [1.82, 2.24) is 0 Å². The van der Waals surface area contributed by atoms with E-state index in [4.69, 9.17) is 10.4 Å². The van der Waals surface area contributed by atoms with Crippen molar-refractivity contribution in [2.45, 2.75) is 19.8 Å². The van der Waals surface area contributed by atoms with Crippen molar-refractivity contribution in [3.05, 3.63) is 34.9 Å². The molecule has 82 valence electrons. The fourth-order valence-corrected chi connectivity index (χ4v) is 1.28. The van der Waals surface area contributed by atoms with Gasteiger partial charge in [0.2, 0.25) is 0 Å². The highest BCUT2D eigenvalue weighted by atomic mass is 16.4. The van der Waals surface area contributed by atoms with Crippen molar-refractivity contribution in [3.63, 3.8) is 0 Å². The molecular weight excluding hydrogens is 206 g/mol. The molecule has 0 aliphatic carbocycles. The van der Waals surface area contributed by atoms with E-state index < -0.39 is 5.97 Å². The van der Waals surface area contributed by atoms with Crippen LogP contribution in [-0.2, 0) is 4.79 Å². The van der Waals surface area contributed by atoms with Gasteiger partial charge < -0.3 is 5.11 Å². The maximum Gasteiger partial charge on any atom is 0.303 e. The first kappa shape index (κ1) is 11.9. The van der Waals surface area contributed by atoms with E-state index in [-0.39, 0.29) is 18.6 Å². The number of carboxylic acids is 1. The van der Waals surface area contributed by atoms with Crippen molar-refractivity contribution in [2.24, 2.45) is 0 Å². The molecule has 0 bridgehead atoms. The van der Waals surface area contributed by atoms with Crippen molar-refractivity contribution in [1.29, 1.82) is 5.26 Å². The highest BCUT2D eigenvalue weighted by Crippen LogP contribution is 2.12. The molecule has 4 heteroatoms. The molecule has 1 rings (SSSR count). The molecule has 0 radical (unpaired) electrons. The van der Waals surface area contributed by atoms with E-state index in [2.05, 4.69) is 0 Å². The topological polar surface area (TPSA) is 78.2 Å². The lowest BCUT2D eigenvalue weighted by molar-refractivity contribution is -0.136. The molecule has 0 saturated heterocycles. The third-order valence-electron chi connectivity index (χ3n) is 2.25. The zero-order valence-corrected chi connectivity index (χ0v) is 8.86. The number of carbonyl (C=O) groups excluding carboxylic acids is 1. The van der Waals surface area contributed by atoms with Gasteiger partial charge in [-0.25, -0.2) is 0 Å². The molecule has 0 aromatic heterocycles. The van der Waals surface area contributed by atoms with Crippen LogP contribution in [0.1, 0.15) is 34.3 Å².